The molecule has 9 heteroatoms. The summed E-state index contributed by atoms with van der Waals surface area (Å²) in [5.74, 6) is 0.814. The summed E-state index contributed by atoms with van der Waals surface area (Å²) in [6.07, 6.45) is 1.49. The van der Waals surface area contributed by atoms with Crippen molar-refractivity contribution in [1.29, 1.82) is 0 Å². The fraction of sp³-hybridized carbons (Fsp3) is 0.188. The van der Waals surface area contributed by atoms with Crippen LogP contribution >= 0.6 is 0 Å². The summed E-state index contributed by atoms with van der Waals surface area (Å²) in [5.41, 5.74) is 0.613. The van der Waals surface area contributed by atoms with E-state index in [4.69, 9.17) is 4.52 Å². The highest BCUT2D eigenvalue weighted by molar-refractivity contribution is 5.70. The van der Waals surface area contributed by atoms with E-state index in [1.54, 1.807) is 11.6 Å². The van der Waals surface area contributed by atoms with Crippen LogP contribution in [0.4, 0.5) is 0 Å². The molecule has 126 valence electrons. The Morgan fingerprint density at radius 2 is 1.84 bits per heavy atom. The number of imidazole rings is 1. The molecule has 0 bridgehead atoms. The molecule has 4 rings (SSSR count). The Balaban J connectivity index is 1.77. The van der Waals surface area contributed by atoms with Crippen molar-refractivity contribution in [2.75, 3.05) is 0 Å². The first-order chi connectivity index (χ1) is 12.1. The molecule has 0 aliphatic heterocycles. The second-order valence-corrected chi connectivity index (χ2v) is 5.63. The van der Waals surface area contributed by atoms with Gasteiger partial charge in [-0.1, -0.05) is 23.4 Å². The van der Waals surface area contributed by atoms with Crippen LogP contribution < -0.4 is 11.2 Å². The molecule has 0 saturated heterocycles. The third kappa shape index (κ3) is 2.36. The molecule has 0 radical (unpaired) electrons. The molecule has 9 nitrogen and oxygen atoms in total. The third-order valence-electron chi connectivity index (χ3n) is 4.02. The van der Waals surface area contributed by atoms with Gasteiger partial charge in [0, 0.05) is 19.7 Å². The van der Waals surface area contributed by atoms with Crippen LogP contribution in [0, 0.1) is 0 Å². The summed E-state index contributed by atoms with van der Waals surface area (Å²) in [7, 11) is 3.01. The zero-order valence-corrected chi connectivity index (χ0v) is 13.6. The molecule has 3 heterocycles. The second kappa shape index (κ2) is 5.55. The van der Waals surface area contributed by atoms with Crippen molar-refractivity contribution < 1.29 is 4.52 Å². The molecule has 0 spiro atoms. The summed E-state index contributed by atoms with van der Waals surface area (Å²) in [6, 6.07) is 9.41. The van der Waals surface area contributed by atoms with E-state index in [1.807, 2.05) is 30.3 Å². The van der Waals surface area contributed by atoms with Crippen molar-refractivity contribution in [3.8, 4) is 11.5 Å². The number of benzene rings is 1. The zero-order chi connectivity index (χ0) is 17.6. The number of rotatable bonds is 3. The normalized spacial score (nSPS) is 11.3. The lowest BCUT2D eigenvalue weighted by Gasteiger charge is -2.04. The molecule has 25 heavy (non-hydrogen) atoms. The van der Waals surface area contributed by atoms with Crippen LogP contribution in [-0.2, 0) is 20.6 Å². The molecule has 0 fully saturated rings. The van der Waals surface area contributed by atoms with E-state index in [9.17, 15) is 9.59 Å². The van der Waals surface area contributed by atoms with Gasteiger partial charge in [-0.05, 0) is 12.1 Å². The van der Waals surface area contributed by atoms with Gasteiger partial charge in [-0.2, -0.15) is 4.98 Å². The smallest absolute Gasteiger partial charge is 0.332 e. The Kier molecular flexibility index (Phi) is 3.34. The van der Waals surface area contributed by atoms with Gasteiger partial charge in [0.1, 0.15) is 0 Å². The predicted octanol–water partition coefficient (Wildman–Crippen LogP) is 0.532. The number of hydrogen-bond acceptors (Lipinski definition) is 6. The zero-order valence-electron chi connectivity index (χ0n) is 13.6. The number of hydrogen-bond donors (Lipinski definition) is 0. The SMILES string of the molecule is Cn1c(=O)c2c(ncn2Cc2noc(-c3ccccc3)n2)n(C)c1=O. The Hall–Kier alpha value is -3.49. The molecule has 0 aliphatic rings. The van der Waals surface area contributed by atoms with Crippen LogP contribution in [0.15, 0.2) is 50.8 Å². The fourth-order valence-corrected chi connectivity index (χ4v) is 2.69. The summed E-state index contributed by atoms with van der Waals surface area (Å²) < 4.78 is 9.26. The highest BCUT2D eigenvalue weighted by Gasteiger charge is 2.16. The molecule has 0 atom stereocenters. The standard InChI is InChI=1S/C16H14N6O3/c1-20-13-12(15(23)21(2)16(20)24)22(9-17-13)8-11-18-14(25-19-11)10-6-4-3-5-7-10/h3-7,9H,8H2,1-2H3. The molecular weight excluding hydrogens is 324 g/mol. The Morgan fingerprint density at radius 3 is 2.60 bits per heavy atom. The van der Waals surface area contributed by atoms with Crippen LogP contribution in [0.2, 0.25) is 0 Å². The lowest BCUT2D eigenvalue weighted by Crippen LogP contribution is -2.37. The van der Waals surface area contributed by atoms with E-state index in [-0.39, 0.29) is 6.54 Å². The van der Waals surface area contributed by atoms with Crippen molar-refractivity contribution >= 4 is 11.2 Å². The first-order valence-electron chi connectivity index (χ1n) is 7.55. The van der Waals surface area contributed by atoms with E-state index in [0.29, 0.717) is 22.9 Å². The Labute approximate surface area is 140 Å². The highest BCUT2D eigenvalue weighted by atomic mass is 16.5. The van der Waals surface area contributed by atoms with Gasteiger partial charge in [0.2, 0.25) is 0 Å². The predicted molar refractivity (Wildman–Crippen MR) is 89.1 cm³/mol. The van der Waals surface area contributed by atoms with E-state index in [0.717, 1.165) is 10.1 Å². The summed E-state index contributed by atoms with van der Waals surface area (Å²) in [6.45, 7) is 0.209. The Bertz CT molecular complexity index is 1180. The summed E-state index contributed by atoms with van der Waals surface area (Å²) in [5, 5.41) is 3.95. The monoisotopic (exact) mass is 338 g/mol. The van der Waals surface area contributed by atoms with Crippen LogP contribution in [-0.4, -0.2) is 28.8 Å². The summed E-state index contributed by atoms with van der Waals surface area (Å²) in [4.78, 5) is 32.9. The molecule has 0 aliphatic carbocycles. The fourth-order valence-electron chi connectivity index (χ4n) is 2.69. The van der Waals surface area contributed by atoms with Crippen molar-refractivity contribution in [3.63, 3.8) is 0 Å². The highest BCUT2D eigenvalue weighted by Crippen LogP contribution is 2.17. The van der Waals surface area contributed by atoms with Crippen molar-refractivity contribution in [2.24, 2.45) is 14.1 Å². The average molecular weight is 338 g/mol. The van der Waals surface area contributed by atoms with E-state index < -0.39 is 11.2 Å². The topological polar surface area (TPSA) is 101 Å². The van der Waals surface area contributed by atoms with Gasteiger partial charge >= 0.3 is 5.69 Å². The van der Waals surface area contributed by atoms with Crippen LogP contribution in [0.1, 0.15) is 5.82 Å². The largest absolute Gasteiger partial charge is 0.334 e. The molecule has 4 aromatic rings. The van der Waals surface area contributed by atoms with Gasteiger partial charge in [0.15, 0.2) is 17.0 Å². The van der Waals surface area contributed by atoms with Gasteiger partial charge in [-0.3, -0.25) is 13.9 Å². The molecule has 3 aromatic heterocycles. The lowest BCUT2D eigenvalue weighted by molar-refractivity contribution is 0.421. The van der Waals surface area contributed by atoms with E-state index in [1.165, 1.54) is 17.9 Å². The average Bonchev–Trinajstić information content (AvgIpc) is 3.27. The van der Waals surface area contributed by atoms with Crippen LogP contribution in [0.5, 0.6) is 0 Å². The van der Waals surface area contributed by atoms with Crippen LogP contribution in [0.25, 0.3) is 22.6 Å². The number of aromatic nitrogens is 6. The number of fused-ring (bicyclic) bond motifs is 1. The van der Waals surface area contributed by atoms with Gasteiger partial charge in [0.05, 0.1) is 12.9 Å². The summed E-state index contributed by atoms with van der Waals surface area (Å²) >= 11 is 0. The van der Waals surface area contributed by atoms with Crippen molar-refractivity contribution in [1.82, 2.24) is 28.8 Å². The quantitative estimate of drug-likeness (QED) is 0.540. The molecule has 0 unspecified atom stereocenters. The molecule has 0 saturated carbocycles. The lowest BCUT2D eigenvalue weighted by atomic mass is 10.2. The first-order valence-corrected chi connectivity index (χ1v) is 7.55. The van der Waals surface area contributed by atoms with Crippen molar-refractivity contribution in [2.45, 2.75) is 6.54 Å². The number of aryl methyl sites for hydroxylation is 1. The molecule has 0 amide bonds. The van der Waals surface area contributed by atoms with E-state index in [2.05, 4.69) is 15.1 Å². The maximum absolute atomic E-state index is 12.4. The van der Waals surface area contributed by atoms with E-state index >= 15 is 0 Å². The van der Waals surface area contributed by atoms with Gasteiger partial charge in [-0.15, -0.1) is 0 Å². The first kappa shape index (κ1) is 15.1. The minimum absolute atomic E-state index is 0.209. The molecular formula is C16H14N6O3. The third-order valence-corrected chi connectivity index (χ3v) is 4.02. The van der Waals surface area contributed by atoms with Gasteiger partial charge in [-0.25, -0.2) is 9.78 Å². The van der Waals surface area contributed by atoms with Gasteiger partial charge in [0.25, 0.3) is 11.4 Å². The molecule has 0 N–H and O–H groups in total. The van der Waals surface area contributed by atoms with Crippen LogP contribution in [0.3, 0.4) is 0 Å². The minimum Gasteiger partial charge on any atom is -0.334 e. The maximum atomic E-state index is 12.4. The minimum atomic E-state index is -0.423. The second-order valence-electron chi connectivity index (χ2n) is 5.63. The maximum Gasteiger partial charge on any atom is 0.332 e. The Morgan fingerprint density at radius 1 is 1.08 bits per heavy atom. The number of nitrogens with zero attached hydrogens (tertiary/aromatic N) is 6. The molecule has 1 aromatic carbocycles. The van der Waals surface area contributed by atoms with Gasteiger partial charge < -0.3 is 9.09 Å². The van der Waals surface area contributed by atoms with Crippen molar-refractivity contribution in [3.05, 3.63) is 63.3 Å².